The molecule has 0 aliphatic carbocycles. The predicted molar refractivity (Wildman–Crippen MR) is 129 cm³/mol. The Kier molecular flexibility index (Phi) is 5.95. The van der Waals surface area contributed by atoms with Crippen LogP contribution in [0.15, 0.2) is 53.3 Å². The van der Waals surface area contributed by atoms with Crippen LogP contribution in [0.1, 0.15) is 24.8 Å². The van der Waals surface area contributed by atoms with E-state index in [0.29, 0.717) is 34.4 Å². The number of carbonyl (C=O) groups excluding carboxylic acids is 1. The zero-order valence-corrected chi connectivity index (χ0v) is 19.1. The highest BCUT2D eigenvalue weighted by molar-refractivity contribution is 7.21. The Labute approximate surface area is 198 Å². The number of hydrogen-bond acceptors (Lipinski definition) is 6. The van der Waals surface area contributed by atoms with Gasteiger partial charge in [-0.1, -0.05) is 53.3 Å². The first-order chi connectivity index (χ1) is 16.0. The minimum atomic E-state index is -0.532. The number of aryl methyl sites for hydroxylation is 1. The average Bonchev–Trinajstić information content (AvgIpc) is 3.47. The fraction of sp³-hybridized carbons (Fsp3) is 0.250. The number of carbonyl (C=O) groups is 1. The lowest BCUT2D eigenvalue weighted by molar-refractivity contribution is -0.120. The molecule has 1 aliphatic heterocycles. The summed E-state index contributed by atoms with van der Waals surface area (Å²) in [4.78, 5) is 39.6. The van der Waals surface area contributed by atoms with E-state index >= 15 is 0 Å². The van der Waals surface area contributed by atoms with E-state index in [1.807, 2.05) is 35.2 Å². The highest BCUT2D eigenvalue weighted by Gasteiger charge is 2.32. The van der Waals surface area contributed by atoms with Crippen molar-refractivity contribution in [3.8, 4) is 11.4 Å². The van der Waals surface area contributed by atoms with Gasteiger partial charge in [0.1, 0.15) is 11.6 Å². The van der Waals surface area contributed by atoms with Crippen LogP contribution in [0.2, 0.25) is 5.02 Å². The van der Waals surface area contributed by atoms with Gasteiger partial charge in [0.25, 0.3) is 5.56 Å². The molecule has 9 heteroatoms. The van der Waals surface area contributed by atoms with Gasteiger partial charge in [0.2, 0.25) is 0 Å². The van der Waals surface area contributed by atoms with Crippen LogP contribution in [0.3, 0.4) is 0 Å². The van der Waals surface area contributed by atoms with Gasteiger partial charge in [0.15, 0.2) is 21.3 Å². The quantitative estimate of drug-likeness (QED) is 0.418. The number of halogens is 2. The Morgan fingerprint density at radius 3 is 2.85 bits per heavy atom. The fourth-order valence-electron chi connectivity index (χ4n) is 4.16. The monoisotopic (exact) mass is 482 g/mol. The van der Waals surface area contributed by atoms with E-state index in [-0.39, 0.29) is 28.7 Å². The van der Waals surface area contributed by atoms with Gasteiger partial charge in [-0.3, -0.25) is 9.59 Å². The van der Waals surface area contributed by atoms with Crippen molar-refractivity contribution >= 4 is 44.2 Å². The molecule has 1 N–H and O–H groups in total. The number of aromatic amines is 1. The molecular weight excluding hydrogens is 463 g/mol. The largest absolute Gasteiger partial charge is 0.338 e. The van der Waals surface area contributed by atoms with Gasteiger partial charge in [0, 0.05) is 18.0 Å². The summed E-state index contributed by atoms with van der Waals surface area (Å²) in [5.74, 6) is -0.269. The molecule has 6 nitrogen and oxygen atoms in total. The molecule has 0 saturated carbocycles. The first-order valence-corrected chi connectivity index (χ1v) is 11.9. The second-order valence-electron chi connectivity index (χ2n) is 7.99. The number of nitrogens with zero attached hydrogens (tertiary/aromatic N) is 3. The summed E-state index contributed by atoms with van der Waals surface area (Å²) in [5.41, 5.74) is 0.977. The van der Waals surface area contributed by atoms with Gasteiger partial charge in [0.05, 0.1) is 11.6 Å². The lowest BCUT2D eigenvalue weighted by atomic mass is 10.0. The van der Waals surface area contributed by atoms with Crippen LogP contribution in [-0.2, 0) is 11.2 Å². The molecule has 1 atom stereocenters. The van der Waals surface area contributed by atoms with Crippen molar-refractivity contribution in [2.24, 2.45) is 0 Å². The van der Waals surface area contributed by atoms with Gasteiger partial charge in [-0.05, 0) is 43.0 Å². The molecule has 0 radical (unpaired) electrons. The van der Waals surface area contributed by atoms with Crippen molar-refractivity contribution in [2.45, 2.75) is 31.7 Å². The number of fused-ring (bicyclic) bond motifs is 1. The Bertz CT molecular complexity index is 1390. The van der Waals surface area contributed by atoms with Crippen LogP contribution < -0.4 is 10.5 Å². The molecule has 1 aliphatic rings. The number of H-pyrrole nitrogens is 1. The summed E-state index contributed by atoms with van der Waals surface area (Å²) in [5, 5.41) is 0.926. The van der Waals surface area contributed by atoms with E-state index in [4.69, 9.17) is 11.6 Å². The smallest absolute Gasteiger partial charge is 0.278 e. The van der Waals surface area contributed by atoms with E-state index in [2.05, 4.69) is 15.0 Å². The third kappa shape index (κ3) is 4.41. The lowest BCUT2D eigenvalue weighted by Gasteiger charge is -2.22. The standard InChI is InChI=1S/C24H20ClFN4O2S/c25-15-9-10-17(26)16(13-15)21-28-22(32)20-23(29-21)33-24(27-20)30-12-4-7-18(30)19(31)11-8-14-5-2-1-3-6-14/h1-3,5-6,9-10,13,18H,4,7-8,11-12H2,(H,28,29,32)/t18-/m1/s1. The maximum Gasteiger partial charge on any atom is 0.278 e. The Balaban J connectivity index is 1.42. The molecule has 0 spiro atoms. The van der Waals surface area contributed by atoms with Crippen LogP contribution in [0, 0.1) is 5.82 Å². The lowest BCUT2D eigenvalue weighted by Crippen LogP contribution is -2.36. The predicted octanol–water partition coefficient (Wildman–Crippen LogP) is 5.01. The molecule has 0 bridgehead atoms. The van der Waals surface area contributed by atoms with Crippen molar-refractivity contribution < 1.29 is 9.18 Å². The molecule has 2 aromatic heterocycles. The van der Waals surface area contributed by atoms with Gasteiger partial charge in [-0.25, -0.2) is 14.4 Å². The topological polar surface area (TPSA) is 79.0 Å². The Morgan fingerprint density at radius 2 is 2.03 bits per heavy atom. The maximum absolute atomic E-state index is 14.3. The third-order valence-electron chi connectivity index (χ3n) is 5.81. The van der Waals surface area contributed by atoms with Crippen molar-refractivity contribution in [1.82, 2.24) is 15.0 Å². The third-order valence-corrected chi connectivity index (χ3v) is 7.04. The Hall–Kier alpha value is -3.10. The summed E-state index contributed by atoms with van der Waals surface area (Å²) in [6.45, 7) is 0.690. The second kappa shape index (κ2) is 9.03. The number of aromatic nitrogens is 3. The molecule has 5 rings (SSSR count). The number of hydrogen-bond donors (Lipinski definition) is 1. The molecule has 0 amide bonds. The normalized spacial score (nSPS) is 15.9. The number of anilines is 1. The highest BCUT2D eigenvalue weighted by atomic mass is 35.5. The molecule has 1 saturated heterocycles. The van der Waals surface area contributed by atoms with Crippen LogP contribution in [-0.4, -0.2) is 33.3 Å². The van der Waals surface area contributed by atoms with Crippen molar-refractivity contribution in [2.75, 3.05) is 11.4 Å². The molecule has 1 fully saturated rings. The summed E-state index contributed by atoms with van der Waals surface area (Å²) in [6, 6.07) is 13.8. The van der Waals surface area contributed by atoms with E-state index in [1.54, 1.807) is 0 Å². The SMILES string of the molecule is O=C(CCc1ccccc1)[C@H]1CCCN1c1nc2c(=O)[nH]c(-c3cc(Cl)ccc3F)nc2s1. The van der Waals surface area contributed by atoms with Crippen LogP contribution >= 0.6 is 22.9 Å². The first kappa shape index (κ1) is 21.7. The van der Waals surface area contributed by atoms with Gasteiger partial charge in [-0.2, -0.15) is 0 Å². The van der Waals surface area contributed by atoms with Gasteiger partial charge in [-0.15, -0.1) is 0 Å². The van der Waals surface area contributed by atoms with Crippen molar-refractivity contribution in [1.29, 1.82) is 0 Å². The summed E-state index contributed by atoms with van der Waals surface area (Å²) >= 11 is 7.23. The van der Waals surface area contributed by atoms with Crippen LogP contribution in [0.4, 0.5) is 9.52 Å². The highest BCUT2D eigenvalue weighted by Crippen LogP contribution is 2.33. The molecular formula is C24H20ClFN4O2S. The molecule has 33 heavy (non-hydrogen) atoms. The minimum Gasteiger partial charge on any atom is -0.338 e. The molecule has 3 heterocycles. The summed E-state index contributed by atoms with van der Waals surface area (Å²) in [7, 11) is 0. The number of rotatable bonds is 6. The van der Waals surface area contributed by atoms with Crippen LogP contribution in [0.25, 0.3) is 21.7 Å². The number of benzene rings is 2. The van der Waals surface area contributed by atoms with E-state index in [9.17, 15) is 14.0 Å². The molecule has 168 valence electrons. The van der Waals surface area contributed by atoms with Gasteiger partial charge >= 0.3 is 0 Å². The fourth-order valence-corrected chi connectivity index (χ4v) is 5.35. The molecule has 4 aromatic rings. The number of nitrogens with one attached hydrogen (secondary N) is 1. The van der Waals surface area contributed by atoms with Crippen LogP contribution in [0.5, 0.6) is 0 Å². The van der Waals surface area contributed by atoms with Crippen molar-refractivity contribution in [3.05, 3.63) is 75.3 Å². The van der Waals surface area contributed by atoms with E-state index < -0.39 is 11.4 Å². The Morgan fingerprint density at radius 1 is 1.21 bits per heavy atom. The minimum absolute atomic E-state index is 0.0969. The zero-order chi connectivity index (χ0) is 22.9. The number of thiazole rings is 1. The van der Waals surface area contributed by atoms with E-state index in [1.165, 1.54) is 29.5 Å². The average molecular weight is 483 g/mol. The zero-order valence-electron chi connectivity index (χ0n) is 17.6. The maximum atomic E-state index is 14.3. The summed E-state index contributed by atoms with van der Waals surface area (Å²) in [6.07, 6.45) is 2.78. The molecule has 0 unspecified atom stereocenters. The number of ketones is 1. The van der Waals surface area contributed by atoms with Gasteiger partial charge < -0.3 is 9.88 Å². The first-order valence-electron chi connectivity index (χ1n) is 10.7. The summed E-state index contributed by atoms with van der Waals surface area (Å²) < 4.78 is 14.3. The molecule has 2 aromatic carbocycles. The second-order valence-corrected chi connectivity index (χ2v) is 9.38. The van der Waals surface area contributed by atoms with Crippen molar-refractivity contribution in [3.63, 3.8) is 0 Å². The number of Topliss-reactive ketones (excluding diaryl/α,β-unsaturated/α-hetero) is 1. The van der Waals surface area contributed by atoms with E-state index in [0.717, 1.165) is 18.4 Å².